The van der Waals surface area contributed by atoms with Crippen LogP contribution in [0.5, 0.6) is 0 Å². The van der Waals surface area contributed by atoms with Gasteiger partial charge in [-0.25, -0.2) is 0 Å². The van der Waals surface area contributed by atoms with Crippen LogP contribution in [0.2, 0.25) is 0 Å². The molecule has 0 spiro atoms. The highest BCUT2D eigenvalue weighted by Crippen LogP contribution is 2.59. The van der Waals surface area contributed by atoms with E-state index in [9.17, 15) is 10.2 Å². The zero-order valence-electron chi connectivity index (χ0n) is 22.1. The lowest BCUT2D eigenvalue weighted by atomic mass is 9.61. The van der Waals surface area contributed by atoms with Crippen LogP contribution in [0.3, 0.4) is 0 Å². The zero-order valence-corrected chi connectivity index (χ0v) is 22.1. The van der Waals surface area contributed by atoms with Crippen molar-refractivity contribution in [2.45, 2.75) is 104 Å². The highest BCUT2D eigenvalue weighted by molar-refractivity contribution is 5.38. The summed E-state index contributed by atoms with van der Waals surface area (Å²) < 4.78 is 6.34. The third-order valence-electron chi connectivity index (χ3n) is 9.89. The minimum Gasteiger partial charge on any atom is -0.393 e. The number of aliphatic hydroxyl groups is 2. The molecule has 6 atom stereocenters. The minimum absolute atomic E-state index is 0.291. The van der Waals surface area contributed by atoms with E-state index in [0.29, 0.717) is 41.4 Å². The Balaban J connectivity index is 1.40. The van der Waals surface area contributed by atoms with E-state index in [0.717, 1.165) is 24.4 Å². The molecule has 2 N–H and O–H groups in total. The van der Waals surface area contributed by atoms with E-state index in [2.05, 4.69) is 52.5 Å². The Morgan fingerprint density at radius 3 is 2.71 bits per heavy atom. The third kappa shape index (κ3) is 5.32. The molecule has 0 heterocycles. The molecule has 190 valence electrons. The summed E-state index contributed by atoms with van der Waals surface area (Å²) in [7, 11) is 0. The smallest absolute Gasteiger partial charge is 0.0811 e. The maximum Gasteiger partial charge on any atom is 0.0811 e. The normalized spacial score (nSPS) is 39.2. The van der Waals surface area contributed by atoms with Crippen molar-refractivity contribution in [1.29, 1.82) is 0 Å². The molecule has 0 aromatic heterocycles. The van der Waals surface area contributed by atoms with Crippen LogP contribution >= 0.6 is 0 Å². The average molecular weight is 469 g/mol. The van der Waals surface area contributed by atoms with E-state index in [1.54, 1.807) is 5.57 Å². The van der Waals surface area contributed by atoms with Gasteiger partial charge in [0.25, 0.3) is 0 Å². The van der Waals surface area contributed by atoms with Gasteiger partial charge in [-0.2, -0.15) is 0 Å². The highest BCUT2D eigenvalue weighted by Gasteiger charge is 2.50. The number of fused-ring (bicyclic) bond motifs is 1. The van der Waals surface area contributed by atoms with Gasteiger partial charge in [-0.05, 0) is 103 Å². The second-order valence-corrected chi connectivity index (χ2v) is 12.7. The number of hydrogen-bond acceptors (Lipinski definition) is 3. The lowest BCUT2D eigenvalue weighted by Gasteiger charge is -2.44. The quantitative estimate of drug-likeness (QED) is 0.416. The van der Waals surface area contributed by atoms with Crippen LogP contribution in [0.15, 0.2) is 47.1 Å². The minimum atomic E-state index is -0.614. The Morgan fingerprint density at radius 2 is 1.94 bits per heavy atom. The summed E-state index contributed by atoms with van der Waals surface area (Å²) in [6, 6.07) is 0. The van der Waals surface area contributed by atoms with Crippen molar-refractivity contribution in [3.05, 3.63) is 47.1 Å². The first-order valence-electron chi connectivity index (χ1n) is 13.8. The molecule has 3 saturated carbocycles. The number of ether oxygens (including phenoxy) is 1. The fraction of sp³-hybridized carbons (Fsp3) is 0.742. The molecule has 34 heavy (non-hydrogen) atoms. The maximum absolute atomic E-state index is 10.2. The Labute approximate surface area is 208 Å². The molecule has 0 radical (unpaired) electrons. The standard InChI is InChI=1S/C31H48O3/c1-21(19-34-20-25-10-6-7-15-30(25,3)4)27-13-14-28-23(9-8-16-31(27,28)5)11-12-24-17-26(32)18-29(33)22(24)2/h10-12,21,26-29,32-33H,2,6-9,13-20H2,1,3-5H3/b23-11+,24-12-/t21-,26-,27-,28+,29+,31-/m1/s1. The molecule has 3 heteroatoms. The summed E-state index contributed by atoms with van der Waals surface area (Å²) >= 11 is 0. The second-order valence-electron chi connectivity index (χ2n) is 12.7. The molecule has 3 fully saturated rings. The molecule has 0 aliphatic heterocycles. The first kappa shape index (κ1) is 25.9. The molecule has 0 amide bonds. The van der Waals surface area contributed by atoms with E-state index >= 15 is 0 Å². The lowest BCUT2D eigenvalue weighted by molar-refractivity contribution is 0.0373. The van der Waals surface area contributed by atoms with Crippen molar-refractivity contribution in [1.82, 2.24) is 0 Å². The Hall–Kier alpha value is -1.16. The van der Waals surface area contributed by atoms with E-state index in [4.69, 9.17) is 4.74 Å². The van der Waals surface area contributed by atoms with Crippen LogP contribution < -0.4 is 0 Å². The van der Waals surface area contributed by atoms with Gasteiger partial charge in [0, 0.05) is 13.0 Å². The van der Waals surface area contributed by atoms with Gasteiger partial charge in [0.1, 0.15) is 0 Å². The fourth-order valence-electron chi connectivity index (χ4n) is 7.66. The summed E-state index contributed by atoms with van der Waals surface area (Å²) in [5.74, 6) is 1.91. The van der Waals surface area contributed by atoms with E-state index < -0.39 is 12.2 Å². The summed E-state index contributed by atoms with van der Waals surface area (Å²) in [4.78, 5) is 0. The molecule has 0 bridgehead atoms. The van der Waals surface area contributed by atoms with Crippen molar-refractivity contribution >= 4 is 0 Å². The van der Waals surface area contributed by atoms with Crippen LogP contribution in [0, 0.1) is 28.6 Å². The molecule has 0 aromatic rings. The summed E-state index contributed by atoms with van der Waals surface area (Å²) in [6.45, 7) is 15.4. The Kier molecular flexibility index (Phi) is 7.96. The largest absolute Gasteiger partial charge is 0.393 e. The fourth-order valence-corrected chi connectivity index (χ4v) is 7.66. The molecular formula is C31H48O3. The zero-order chi connectivity index (χ0) is 24.5. The van der Waals surface area contributed by atoms with Gasteiger partial charge < -0.3 is 14.9 Å². The SMILES string of the molecule is C=C1/C(=C\C=C2/CCC[C@]3(C)[C@@H]([C@H](C)COCC4=CCCCC4(C)C)CC[C@@H]23)C[C@@H](O)C[C@@H]1O. The van der Waals surface area contributed by atoms with Crippen molar-refractivity contribution in [2.24, 2.45) is 28.6 Å². The molecular weight excluding hydrogens is 420 g/mol. The number of allylic oxidation sites excluding steroid dienone is 4. The molecule has 0 aromatic carbocycles. The molecule has 4 rings (SSSR count). The molecule has 4 aliphatic carbocycles. The summed E-state index contributed by atoms with van der Waals surface area (Å²) in [5.41, 5.74) is 5.50. The van der Waals surface area contributed by atoms with Crippen LogP contribution in [-0.2, 0) is 4.74 Å². The third-order valence-corrected chi connectivity index (χ3v) is 9.89. The monoisotopic (exact) mass is 468 g/mol. The summed E-state index contributed by atoms with van der Waals surface area (Å²) in [6.07, 6.45) is 16.9. The van der Waals surface area contributed by atoms with Gasteiger partial charge in [-0.1, -0.05) is 58.1 Å². The Bertz CT molecular complexity index is 847. The van der Waals surface area contributed by atoms with Crippen molar-refractivity contribution in [3.63, 3.8) is 0 Å². The first-order valence-corrected chi connectivity index (χ1v) is 13.8. The van der Waals surface area contributed by atoms with Crippen molar-refractivity contribution in [3.8, 4) is 0 Å². The average Bonchev–Trinajstić information content (AvgIpc) is 3.13. The highest BCUT2D eigenvalue weighted by atomic mass is 16.5. The molecule has 4 aliphatic rings. The van der Waals surface area contributed by atoms with E-state index in [1.165, 1.54) is 56.9 Å². The Morgan fingerprint density at radius 1 is 1.15 bits per heavy atom. The van der Waals surface area contributed by atoms with Gasteiger partial charge >= 0.3 is 0 Å². The van der Waals surface area contributed by atoms with Crippen LogP contribution in [-0.4, -0.2) is 35.6 Å². The first-order chi connectivity index (χ1) is 16.1. The van der Waals surface area contributed by atoms with Gasteiger partial charge in [-0.3, -0.25) is 0 Å². The van der Waals surface area contributed by atoms with Gasteiger partial charge in [-0.15, -0.1) is 0 Å². The molecule has 0 saturated heterocycles. The van der Waals surface area contributed by atoms with Gasteiger partial charge in [0.2, 0.25) is 0 Å². The predicted molar refractivity (Wildman–Crippen MR) is 140 cm³/mol. The van der Waals surface area contributed by atoms with Crippen LogP contribution in [0.25, 0.3) is 0 Å². The lowest BCUT2D eigenvalue weighted by Crippen LogP contribution is -2.37. The summed E-state index contributed by atoms with van der Waals surface area (Å²) in [5, 5.41) is 20.3. The second kappa shape index (κ2) is 10.4. The van der Waals surface area contributed by atoms with Crippen LogP contribution in [0.4, 0.5) is 0 Å². The topological polar surface area (TPSA) is 49.7 Å². The van der Waals surface area contributed by atoms with E-state index in [1.807, 2.05) is 0 Å². The molecule has 0 unspecified atom stereocenters. The number of hydrogen-bond donors (Lipinski definition) is 2. The number of aliphatic hydroxyl groups excluding tert-OH is 2. The van der Waals surface area contributed by atoms with E-state index in [-0.39, 0.29) is 0 Å². The molecule has 3 nitrogen and oxygen atoms in total. The van der Waals surface area contributed by atoms with Crippen molar-refractivity contribution < 1.29 is 14.9 Å². The number of rotatable bonds is 6. The predicted octanol–water partition coefficient (Wildman–Crippen LogP) is 6.92. The van der Waals surface area contributed by atoms with Gasteiger partial charge in [0.15, 0.2) is 0 Å². The maximum atomic E-state index is 10.2. The van der Waals surface area contributed by atoms with Gasteiger partial charge in [0.05, 0.1) is 18.8 Å². The van der Waals surface area contributed by atoms with Crippen LogP contribution in [0.1, 0.15) is 91.9 Å². The van der Waals surface area contributed by atoms with Crippen molar-refractivity contribution in [2.75, 3.05) is 13.2 Å².